The number of amides is 1. The second-order valence-corrected chi connectivity index (χ2v) is 9.54. The van der Waals surface area contributed by atoms with Gasteiger partial charge in [-0.05, 0) is 83.5 Å². The number of fused-ring (bicyclic) bond motifs is 3. The first kappa shape index (κ1) is 22.5. The van der Waals surface area contributed by atoms with Crippen molar-refractivity contribution in [2.24, 2.45) is 0 Å². The quantitative estimate of drug-likeness (QED) is 0.584. The molecule has 2 heterocycles. The molecule has 1 amide bonds. The maximum absolute atomic E-state index is 13.7. The molecule has 32 heavy (non-hydrogen) atoms. The first-order valence-corrected chi connectivity index (χ1v) is 11.9. The van der Waals surface area contributed by atoms with Gasteiger partial charge in [-0.3, -0.25) is 14.2 Å². The summed E-state index contributed by atoms with van der Waals surface area (Å²) in [4.78, 5) is 35.7. The molecule has 1 aromatic carbocycles. The number of aromatic nitrogens is 2. The van der Waals surface area contributed by atoms with Gasteiger partial charge in [0.2, 0.25) is 5.91 Å². The second kappa shape index (κ2) is 9.42. The van der Waals surface area contributed by atoms with E-state index in [1.807, 2.05) is 38.1 Å². The molecule has 1 atom stereocenters. The molecule has 7 nitrogen and oxygen atoms in total. The third-order valence-electron chi connectivity index (χ3n) is 5.75. The zero-order valence-corrected chi connectivity index (χ0v) is 19.9. The van der Waals surface area contributed by atoms with E-state index >= 15 is 0 Å². The number of anilines is 1. The van der Waals surface area contributed by atoms with Crippen LogP contribution >= 0.6 is 11.3 Å². The Hall–Kier alpha value is -2.71. The Labute approximate surface area is 192 Å². The van der Waals surface area contributed by atoms with Crippen molar-refractivity contribution in [1.82, 2.24) is 14.5 Å². The molecular formula is C24H30N4O3S. The normalized spacial score (nSPS) is 14.4. The number of hydrogen-bond acceptors (Lipinski definition) is 6. The van der Waals surface area contributed by atoms with Crippen molar-refractivity contribution in [1.29, 1.82) is 0 Å². The van der Waals surface area contributed by atoms with Crippen molar-refractivity contribution in [3.8, 4) is 5.75 Å². The molecule has 2 aromatic heterocycles. The van der Waals surface area contributed by atoms with E-state index in [0.29, 0.717) is 30.0 Å². The molecule has 0 bridgehead atoms. The number of carbonyl (C=O) groups is 1. The lowest BCUT2D eigenvalue weighted by molar-refractivity contribution is -0.119. The lowest BCUT2D eigenvalue weighted by Crippen LogP contribution is -2.36. The summed E-state index contributed by atoms with van der Waals surface area (Å²) in [5.41, 5.74) is 1.69. The highest BCUT2D eigenvalue weighted by molar-refractivity contribution is 7.18. The van der Waals surface area contributed by atoms with Gasteiger partial charge >= 0.3 is 0 Å². The van der Waals surface area contributed by atoms with Gasteiger partial charge in [-0.2, -0.15) is 0 Å². The van der Waals surface area contributed by atoms with Gasteiger partial charge in [0.25, 0.3) is 5.56 Å². The topological polar surface area (TPSA) is 76.5 Å². The number of nitrogens with one attached hydrogen (secondary N) is 1. The third kappa shape index (κ3) is 4.42. The molecule has 0 saturated heterocycles. The number of hydrogen-bond donors (Lipinski definition) is 1. The number of benzene rings is 1. The standard InChI is InChI=1S/C24H30N4O3S/c1-5-31-17-12-10-16(11-13-17)25-22(29)15(2)28-20(14-27(3)4)26-23-21(24(28)30)18-8-6-7-9-19(18)32-23/h10-13,15H,5-9,14H2,1-4H3,(H,25,29). The summed E-state index contributed by atoms with van der Waals surface area (Å²) in [5.74, 6) is 1.11. The fourth-order valence-electron chi connectivity index (χ4n) is 4.22. The van der Waals surface area contributed by atoms with Crippen LogP contribution in [0.15, 0.2) is 29.1 Å². The van der Waals surface area contributed by atoms with E-state index in [1.165, 1.54) is 4.88 Å². The summed E-state index contributed by atoms with van der Waals surface area (Å²) in [7, 11) is 3.87. The van der Waals surface area contributed by atoms with Gasteiger partial charge in [0.05, 0.1) is 18.5 Å². The summed E-state index contributed by atoms with van der Waals surface area (Å²) in [6.07, 6.45) is 4.16. The molecule has 0 fully saturated rings. The van der Waals surface area contributed by atoms with Crippen LogP contribution in [-0.4, -0.2) is 41.1 Å². The first-order chi connectivity index (χ1) is 15.4. The van der Waals surface area contributed by atoms with Gasteiger partial charge in [-0.15, -0.1) is 11.3 Å². The molecule has 170 valence electrons. The molecule has 1 aliphatic rings. The largest absolute Gasteiger partial charge is 0.494 e. The van der Waals surface area contributed by atoms with Gasteiger partial charge in [0, 0.05) is 10.6 Å². The van der Waals surface area contributed by atoms with Crippen molar-refractivity contribution < 1.29 is 9.53 Å². The average molecular weight is 455 g/mol. The minimum absolute atomic E-state index is 0.111. The van der Waals surface area contributed by atoms with E-state index in [2.05, 4.69) is 5.32 Å². The molecule has 0 aliphatic heterocycles. The minimum atomic E-state index is -0.694. The van der Waals surface area contributed by atoms with Crippen LogP contribution in [0.4, 0.5) is 5.69 Å². The lowest BCUT2D eigenvalue weighted by atomic mass is 9.97. The van der Waals surface area contributed by atoms with E-state index in [9.17, 15) is 9.59 Å². The molecule has 3 aromatic rings. The van der Waals surface area contributed by atoms with Gasteiger partial charge in [0.1, 0.15) is 22.4 Å². The van der Waals surface area contributed by atoms with Crippen LogP contribution in [0.5, 0.6) is 5.75 Å². The Kier molecular flexibility index (Phi) is 6.62. The highest BCUT2D eigenvalue weighted by atomic mass is 32.1. The maximum Gasteiger partial charge on any atom is 0.263 e. The Morgan fingerprint density at radius 3 is 2.66 bits per heavy atom. The molecule has 1 N–H and O–H groups in total. The number of rotatable bonds is 7. The van der Waals surface area contributed by atoms with Gasteiger partial charge in [-0.25, -0.2) is 4.98 Å². The molecule has 1 unspecified atom stereocenters. The van der Waals surface area contributed by atoms with Crippen molar-refractivity contribution >= 4 is 33.1 Å². The smallest absolute Gasteiger partial charge is 0.263 e. The number of carbonyl (C=O) groups excluding carboxylic acids is 1. The Bertz CT molecular complexity index is 1180. The summed E-state index contributed by atoms with van der Waals surface area (Å²) < 4.78 is 7.04. The zero-order chi connectivity index (χ0) is 22.8. The van der Waals surface area contributed by atoms with Crippen molar-refractivity contribution in [2.75, 3.05) is 26.0 Å². The van der Waals surface area contributed by atoms with Crippen molar-refractivity contribution in [3.05, 3.63) is 50.9 Å². The molecule has 4 rings (SSSR count). The molecular weight excluding hydrogens is 424 g/mol. The molecule has 0 saturated carbocycles. The van der Waals surface area contributed by atoms with E-state index < -0.39 is 6.04 Å². The predicted octanol–water partition coefficient (Wildman–Crippen LogP) is 4.00. The van der Waals surface area contributed by atoms with Crippen LogP contribution in [0.2, 0.25) is 0 Å². The summed E-state index contributed by atoms with van der Waals surface area (Å²) >= 11 is 1.64. The molecule has 0 spiro atoms. The van der Waals surface area contributed by atoms with Crippen molar-refractivity contribution in [2.45, 2.75) is 52.1 Å². The fourth-order valence-corrected chi connectivity index (χ4v) is 5.49. The summed E-state index contributed by atoms with van der Waals surface area (Å²) in [5, 5.41) is 3.63. The number of aryl methyl sites for hydroxylation is 2. The molecule has 1 aliphatic carbocycles. The Morgan fingerprint density at radius 1 is 1.25 bits per heavy atom. The Balaban J connectivity index is 1.71. The number of nitrogens with zero attached hydrogens (tertiary/aromatic N) is 3. The molecule has 8 heteroatoms. The van der Waals surface area contributed by atoms with E-state index in [1.54, 1.807) is 35.0 Å². The van der Waals surface area contributed by atoms with Crippen LogP contribution in [-0.2, 0) is 24.2 Å². The first-order valence-electron chi connectivity index (χ1n) is 11.1. The average Bonchev–Trinajstić information content (AvgIpc) is 3.13. The lowest BCUT2D eigenvalue weighted by Gasteiger charge is -2.21. The zero-order valence-electron chi connectivity index (χ0n) is 19.1. The number of thiophene rings is 1. The number of ether oxygens (including phenoxy) is 1. The van der Waals surface area contributed by atoms with E-state index in [-0.39, 0.29) is 11.5 Å². The van der Waals surface area contributed by atoms with Crippen LogP contribution in [0, 0.1) is 0 Å². The van der Waals surface area contributed by atoms with E-state index in [4.69, 9.17) is 9.72 Å². The van der Waals surface area contributed by atoms with Crippen LogP contribution in [0.25, 0.3) is 10.2 Å². The van der Waals surface area contributed by atoms with Gasteiger partial charge in [-0.1, -0.05) is 0 Å². The van der Waals surface area contributed by atoms with Crippen LogP contribution in [0.3, 0.4) is 0 Å². The van der Waals surface area contributed by atoms with Crippen molar-refractivity contribution in [3.63, 3.8) is 0 Å². The van der Waals surface area contributed by atoms with Crippen LogP contribution in [0.1, 0.15) is 49.0 Å². The fraction of sp³-hybridized carbons (Fsp3) is 0.458. The second-order valence-electron chi connectivity index (χ2n) is 8.45. The van der Waals surface area contributed by atoms with E-state index in [0.717, 1.165) is 41.8 Å². The highest BCUT2D eigenvalue weighted by Gasteiger charge is 2.26. The van der Waals surface area contributed by atoms with Gasteiger partial charge in [0.15, 0.2) is 0 Å². The Morgan fingerprint density at radius 2 is 1.97 bits per heavy atom. The monoisotopic (exact) mass is 454 g/mol. The molecule has 0 radical (unpaired) electrons. The minimum Gasteiger partial charge on any atom is -0.494 e. The van der Waals surface area contributed by atoms with Crippen LogP contribution < -0.4 is 15.6 Å². The summed E-state index contributed by atoms with van der Waals surface area (Å²) in [6.45, 7) is 4.75. The maximum atomic E-state index is 13.7. The highest BCUT2D eigenvalue weighted by Crippen LogP contribution is 2.34. The SMILES string of the molecule is CCOc1ccc(NC(=O)C(C)n2c(CN(C)C)nc3sc4c(c3c2=O)CCCC4)cc1. The third-order valence-corrected chi connectivity index (χ3v) is 6.94. The predicted molar refractivity (Wildman–Crippen MR) is 129 cm³/mol. The summed E-state index contributed by atoms with van der Waals surface area (Å²) in [6, 6.07) is 6.54. The van der Waals surface area contributed by atoms with Gasteiger partial charge < -0.3 is 15.0 Å².